The van der Waals surface area contributed by atoms with Crippen LogP contribution >= 0.6 is 0 Å². The first-order valence-corrected chi connectivity index (χ1v) is 7.25. The lowest BCUT2D eigenvalue weighted by Gasteiger charge is -2.36. The summed E-state index contributed by atoms with van der Waals surface area (Å²) in [6.07, 6.45) is 5.29. The Hall–Kier alpha value is -1.35. The van der Waals surface area contributed by atoms with Gasteiger partial charge in [-0.05, 0) is 30.9 Å². The molecule has 2 rings (SSSR count). The van der Waals surface area contributed by atoms with Crippen LogP contribution in [0.5, 0.6) is 0 Å². The highest BCUT2D eigenvalue weighted by Crippen LogP contribution is 2.23. The predicted octanol–water partition coefficient (Wildman–Crippen LogP) is 2.59. The van der Waals surface area contributed by atoms with Gasteiger partial charge < -0.3 is 10.6 Å². The van der Waals surface area contributed by atoms with Crippen molar-refractivity contribution in [1.82, 2.24) is 4.90 Å². The second-order valence-electron chi connectivity index (χ2n) is 5.44. The van der Waals surface area contributed by atoms with Gasteiger partial charge in [0.2, 0.25) is 0 Å². The van der Waals surface area contributed by atoms with Crippen LogP contribution in [-0.2, 0) is 6.42 Å². The van der Waals surface area contributed by atoms with E-state index in [1.807, 2.05) is 36.2 Å². The van der Waals surface area contributed by atoms with Crippen LogP contribution in [0.3, 0.4) is 0 Å². The predicted molar refractivity (Wildman–Crippen MR) is 78.1 cm³/mol. The monoisotopic (exact) mass is 260 g/mol. The normalized spacial score (nSPS) is 23.1. The molecule has 1 aliphatic rings. The van der Waals surface area contributed by atoms with E-state index in [9.17, 15) is 4.79 Å². The number of hydrogen-bond acceptors (Lipinski definition) is 2. The van der Waals surface area contributed by atoms with Gasteiger partial charge in [0.1, 0.15) is 0 Å². The molecule has 104 valence electrons. The van der Waals surface area contributed by atoms with Crippen molar-refractivity contribution >= 4 is 5.91 Å². The summed E-state index contributed by atoms with van der Waals surface area (Å²) < 4.78 is 0. The minimum Gasteiger partial charge on any atom is -0.337 e. The molecule has 2 atom stereocenters. The molecule has 0 saturated heterocycles. The van der Waals surface area contributed by atoms with Crippen molar-refractivity contribution in [2.75, 3.05) is 7.05 Å². The number of amides is 1. The Balaban J connectivity index is 2.18. The molecule has 1 amide bonds. The molecule has 0 spiro atoms. The maximum absolute atomic E-state index is 12.6. The van der Waals surface area contributed by atoms with Crippen LogP contribution in [0.2, 0.25) is 0 Å². The van der Waals surface area contributed by atoms with Gasteiger partial charge in [0.15, 0.2) is 0 Å². The van der Waals surface area contributed by atoms with Crippen LogP contribution in [-0.4, -0.2) is 29.9 Å². The molecule has 19 heavy (non-hydrogen) atoms. The fraction of sp³-hybridized carbons (Fsp3) is 0.562. The van der Waals surface area contributed by atoms with Gasteiger partial charge in [0.05, 0.1) is 0 Å². The lowest BCUT2D eigenvalue weighted by atomic mass is 9.89. The molecule has 1 aromatic rings. The number of benzene rings is 1. The van der Waals surface area contributed by atoms with Gasteiger partial charge in [-0.2, -0.15) is 0 Å². The van der Waals surface area contributed by atoms with E-state index < -0.39 is 0 Å². The average molecular weight is 260 g/mol. The van der Waals surface area contributed by atoms with E-state index in [0.717, 1.165) is 30.4 Å². The zero-order chi connectivity index (χ0) is 13.8. The van der Waals surface area contributed by atoms with Crippen molar-refractivity contribution in [3.63, 3.8) is 0 Å². The van der Waals surface area contributed by atoms with Crippen molar-refractivity contribution in [1.29, 1.82) is 0 Å². The Bertz CT molecular complexity index is 444. The molecule has 2 unspecified atom stereocenters. The molecular weight excluding hydrogens is 236 g/mol. The molecule has 2 N–H and O–H groups in total. The number of likely N-dealkylation sites (N-methyl/N-ethyl adjacent to an activating group) is 1. The van der Waals surface area contributed by atoms with E-state index in [1.54, 1.807) is 0 Å². The van der Waals surface area contributed by atoms with Gasteiger partial charge in [-0.3, -0.25) is 4.79 Å². The van der Waals surface area contributed by atoms with Gasteiger partial charge >= 0.3 is 0 Å². The first kappa shape index (κ1) is 14.1. The Labute approximate surface area is 115 Å². The highest BCUT2D eigenvalue weighted by Gasteiger charge is 2.29. The van der Waals surface area contributed by atoms with Gasteiger partial charge in [0.25, 0.3) is 5.91 Å². The van der Waals surface area contributed by atoms with E-state index in [0.29, 0.717) is 0 Å². The lowest BCUT2D eigenvalue weighted by molar-refractivity contribution is 0.0671. The molecule has 0 bridgehead atoms. The zero-order valence-corrected chi connectivity index (χ0v) is 11.9. The summed E-state index contributed by atoms with van der Waals surface area (Å²) in [6.45, 7) is 2.08. The minimum atomic E-state index is 0.111. The molecule has 0 aliphatic heterocycles. The zero-order valence-electron chi connectivity index (χ0n) is 11.9. The van der Waals surface area contributed by atoms with E-state index in [-0.39, 0.29) is 18.0 Å². The number of nitrogens with two attached hydrogens (primary N) is 1. The van der Waals surface area contributed by atoms with Gasteiger partial charge in [-0.25, -0.2) is 0 Å². The van der Waals surface area contributed by atoms with Crippen LogP contribution in [0.4, 0.5) is 0 Å². The third kappa shape index (κ3) is 2.98. The van der Waals surface area contributed by atoms with Crippen molar-refractivity contribution < 1.29 is 4.79 Å². The molecule has 1 saturated carbocycles. The lowest BCUT2D eigenvalue weighted by Crippen LogP contribution is -2.50. The van der Waals surface area contributed by atoms with E-state index in [4.69, 9.17) is 5.73 Å². The summed E-state index contributed by atoms with van der Waals surface area (Å²) in [5, 5.41) is 0. The van der Waals surface area contributed by atoms with E-state index in [1.165, 1.54) is 12.8 Å². The first-order chi connectivity index (χ1) is 9.15. The first-order valence-electron chi connectivity index (χ1n) is 7.25. The van der Waals surface area contributed by atoms with Crippen molar-refractivity contribution in [2.45, 2.75) is 51.1 Å². The van der Waals surface area contributed by atoms with Crippen molar-refractivity contribution in [3.8, 4) is 0 Å². The summed E-state index contributed by atoms with van der Waals surface area (Å²) in [4.78, 5) is 14.5. The summed E-state index contributed by atoms with van der Waals surface area (Å²) in [6, 6.07) is 8.18. The number of hydrogen-bond donors (Lipinski definition) is 1. The Morgan fingerprint density at radius 2 is 2.00 bits per heavy atom. The molecule has 3 nitrogen and oxygen atoms in total. The molecule has 1 aromatic carbocycles. The SMILES string of the molecule is CCc1ccccc1C(=O)N(C)C1CCCCC1N. The maximum Gasteiger partial charge on any atom is 0.254 e. The van der Waals surface area contributed by atoms with E-state index in [2.05, 4.69) is 6.92 Å². The topological polar surface area (TPSA) is 46.3 Å². The molecule has 0 heterocycles. The van der Waals surface area contributed by atoms with Crippen molar-refractivity contribution in [3.05, 3.63) is 35.4 Å². The average Bonchev–Trinajstić information content (AvgIpc) is 2.46. The summed E-state index contributed by atoms with van der Waals surface area (Å²) in [5.74, 6) is 0.111. The second-order valence-corrected chi connectivity index (χ2v) is 5.44. The smallest absolute Gasteiger partial charge is 0.254 e. The number of aryl methyl sites for hydroxylation is 1. The van der Waals surface area contributed by atoms with Gasteiger partial charge in [0, 0.05) is 24.7 Å². The number of carbonyl (C=O) groups excluding carboxylic acids is 1. The third-order valence-corrected chi connectivity index (χ3v) is 4.23. The molecule has 0 radical (unpaired) electrons. The Morgan fingerprint density at radius 1 is 1.32 bits per heavy atom. The number of carbonyl (C=O) groups is 1. The molecule has 1 aliphatic carbocycles. The van der Waals surface area contributed by atoms with Crippen molar-refractivity contribution in [2.24, 2.45) is 5.73 Å². The fourth-order valence-electron chi connectivity index (χ4n) is 3.00. The summed E-state index contributed by atoms with van der Waals surface area (Å²) in [5.41, 5.74) is 8.11. The third-order valence-electron chi connectivity index (χ3n) is 4.23. The molecule has 1 fully saturated rings. The van der Waals surface area contributed by atoms with Crippen LogP contribution in [0.25, 0.3) is 0 Å². The van der Waals surface area contributed by atoms with Crippen LogP contribution in [0.15, 0.2) is 24.3 Å². The second kappa shape index (κ2) is 6.20. The van der Waals surface area contributed by atoms with Gasteiger partial charge in [-0.15, -0.1) is 0 Å². The van der Waals surface area contributed by atoms with E-state index >= 15 is 0 Å². The number of nitrogens with zero attached hydrogens (tertiary/aromatic N) is 1. The molecule has 3 heteroatoms. The Morgan fingerprint density at radius 3 is 2.68 bits per heavy atom. The van der Waals surface area contributed by atoms with Crippen LogP contribution in [0, 0.1) is 0 Å². The number of rotatable bonds is 3. The fourth-order valence-corrected chi connectivity index (χ4v) is 3.00. The largest absolute Gasteiger partial charge is 0.337 e. The highest BCUT2D eigenvalue weighted by molar-refractivity contribution is 5.95. The quantitative estimate of drug-likeness (QED) is 0.908. The standard InChI is InChI=1S/C16H24N2O/c1-3-12-8-4-5-9-13(12)16(19)18(2)15-11-7-6-10-14(15)17/h4-5,8-9,14-15H,3,6-7,10-11,17H2,1-2H3. The Kier molecular flexibility index (Phi) is 4.59. The molecule has 0 aromatic heterocycles. The highest BCUT2D eigenvalue weighted by atomic mass is 16.2. The molecular formula is C16H24N2O. The summed E-state index contributed by atoms with van der Waals surface area (Å²) >= 11 is 0. The maximum atomic E-state index is 12.6. The summed E-state index contributed by atoms with van der Waals surface area (Å²) in [7, 11) is 1.89. The van der Waals surface area contributed by atoms with Gasteiger partial charge in [-0.1, -0.05) is 38.0 Å². The van der Waals surface area contributed by atoms with Crippen LogP contribution in [0.1, 0.15) is 48.5 Å². The van der Waals surface area contributed by atoms with Crippen LogP contribution < -0.4 is 5.73 Å². The minimum absolute atomic E-state index is 0.111.